The number of rotatable bonds is 9. The van der Waals surface area contributed by atoms with Gasteiger partial charge < -0.3 is 10.1 Å². The average molecular weight is 318 g/mol. The van der Waals surface area contributed by atoms with Crippen LogP contribution in [0, 0.1) is 5.82 Å². The first-order valence-electron chi connectivity index (χ1n) is 6.92. The summed E-state index contributed by atoms with van der Waals surface area (Å²) in [5.74, 6) is -0.747. The van der Waals surface area contributed by atoms with E-state index in [-0.39, 0.29) is 17.5 Å². The van der Waals surface area contributed by atoms with Crippen LogP contribution in [0.3, 0.4) is 0 Å². The van der Waals surface area contributed by atoms with Gasteiger partial charge in [-0.3, -0.25) is 0 Å². The second-order valence-corrected chi connectivity index (χ2v) is 6.58. The van der Waals surface area contributed by atoms with Crippen LogP contribution in [0.5, 0.6) is 0 Å². The molecule has 2 N–H and O–H groups in total. The Hall–Kier alpha value is -1.02. The molecule has 0 fully saturated rings. The third-order valence-corrected chi connectivity index (χ3v) is 4.46. The van der Waals surface area contributed by atoms with Crippen LogP contribution in [-0.4, -0.2) is 34.7 Å². The SMILES string of the molecule is CCCNCc1ccc(S(=O)(=O)NCC(C)OC)c(F)c1. The van der Waals surface area contributed by atoms with Gasteiger partial charge in [-0.15, -0.1) is 0 Å². The minimum Gasteiger partial charge on any atom is -0.380 e. The summed E-state index contributed by atoms with van der Waals surface area (Å²) in [5, 5.41) is 3.14. The highest BCUT2D eigenvalue weighted by Crippen LogP contribution is 2.16. The molecule has 1 atom stereocenters. The molecular formula is C14H23FN2O3S. The summed E-state index contributed by atoms with van der Waals surface area (Å²) < 4.78 is 45.3. The molecule has 5 nitrogen and oxygen atoms in total. The lowest BCUT2D eigenvalue weighted by Gasteiger charge is -2.12. The first-order valence-corrected chi connectivity index (χ1v) is 8.40. The molecule has 0 spiro atoms. The molecule has 1 unspecified atom stereocenters. The molecule has 1 aromatic rings. The van der Waals surface area contributed by atoms with Gasteiger partial charge in [-0.2, -0.15) is 0 Å². The van der Waals surface area contributed by atoms with Gasteiger partial charge in [-0.25, -0.2) is 17.5 Å². The molecule has 0 heterocycles. The van der Waals surface area contributed by atoms with Crippen molar-refractivity contribution in [3.05, 3.63) is 29.6 Å². The van der Waals surface area contributed by atoms with Gasteiger partial charge in [-0.05, 0) is 37.6 Å². The number of hydrogen-bond donors (Lipinski definition) is 2. The Balaban J connectivity index is 2.78. The Kier molecular flexibility index (Phi) is 7.24. The van der Waals surface area contributed by atoms with E-state index in [9.17, 15) is 12.8 Å². The van der Waals surface area contributed by atoms with Crippen LogP contribution in [0.4, 0.5) is 4.39 Å². The molecule has 7 heteroatoms. The van der Waals surface area contributed by atoms with Gasteiger partial charge in [0.25, 0.3) is 0 Å². The van der Waals surface area contributed by atoms with Gasteiger partial charge in [0.2, 0.25) is 10.0 Å². The second-order valence-electron chi connectivity index (χ2n) is 4.84. The van der Waals surface area contributed by atoms with Crippen molar-refractivity contribution in [1.29, 1.82) is 0 Å². The average Bonchev–Trinajstić information content (AvgIpc) is 2.45. The molecule has 0 radical (unpaired) electrons. The van der Waals surface area contributed by atoms with Crippen LogP contribution >= 0.6 is 0 Å². The first-order chi connectivity index (χ1) is 9.90. The number of sulfonamides is 1. The highest BCUT2D eigenvalue weighted by molar-refractivity contribution is 7.89. The zero-order chi connectivity index (χ0) is 15.9. The molecule has 0 saturated heterocycles. The summed E-state index contributed by atoms with van der Waals surface area (Å²) in [6.45, 7) is 5.20. The van der Waals surface area contributed by atoms with E-state index in [1.807, 2.05) is 6.92 Å². The topological polar surface area (TPSA) is 67.4 Å². The molecule has 120 valence electrons. The number of ether oxygens (including phenoxy) is 1. The molecule has 0 aromatic heterocycles. The van der Waals surface area contributed by atoms with E-state index in [1.165, 1.54) is 19.2 Å². The van der Waals surface area contributed by atoms with Crippen molar-refractivity contribution in [2.24, 2.45) is 0 Å². The van der Waals surface area contributed by atoms with Crippen molar-refractivity contribution in [3.8, 4) is 0 Å². The molecule has 0 aliphatic carbocycles. The fourth-order valence-electron chi connectivity index (χ4n) is 1.67. The lowest BCUT2D eigenvalue weighted by Crippen LogP contribution is -2.32. The van der Waals surface area contributed by atoms with Crippen LogP contribution in [0.1, 0.15) is 25.8 Å². The summed E-state index contributed by atoms with van der Waals surface area (Å²) in [4.78, 5) is -0.343. The van der Waals surface area contributed by atoms with Gasteiger partial charge in [-0.1, -0.05) is 13.0 Å². The molecule has 1 aromatic carbocycles. The van der Waals surface area contributed by atoms with E-state index >= 15 is 0 Å². The molecule has 0 aliphatic rings. The molecule has 0 aliphatic heterocycles. The van der Waals surface area contributed by atoms with E-state index in [4.69, 9.17) is 4.74 Å². The van der Waals surface area contributed by atoms with E-state index in [0.29, 0.717) is 12.1 Å². The molecule has 0 bridgehead atoms. The molecule has 21 heavy (non-hydrogen) atoms. The van der Waals surface area contributed by atoms with E-state index in [0.717, 1.165) is 13.0 Å². The fraction of sp³-hybridized carbons (Fsp3) is 0.571. The summed E-state index contributed by atoms with van der Waals surface area (Å²) >= 11 is 0. The largest absolute Gasteiger partial charge is 0.380 e. The van der Waals surface area contributed by atoms with E-state index in [1.54, 1.807) is 13.0 Å². The van der Waals surface area contributed by atoms with Crippen molar-refractivity contribution >= 4 is 10.0 Å². The standard InChI is InChI=1S/C14H23FN2O3S/c1-4-7-16-10-12-5-6-14(13(15)8-12)21(18,19)17-9-11(2)20-3/h5-6,8,11,16-17H,4,7,9-10H2,1-3H3. The van der Waals surface area contributed by atoms with Gasteiger partial charge in [0.05, 0.1) is 6.10 Å². The first kappa shape index (κ1) is 18.0. The fourth-order valence-corrected chi connectivity index (χ4v) is 2.84. The van der Waals surface area contributed by atoms with E-state index in [2.05, 4.69) is 10.0 Å². The highest BCUT2D eigenvalue weighted by Gasteiger charge is 2.19. The predicted molar refractivity (Wildman–Crippen MR) is 80.1 cm³/mol. The quantitative estimate of drug-likeness (QED) is 0.679. The van der Waals surface area contributed by atoms with Crippen molar-refractivity contribution in [3.63, 3.8) is 0 Å². The maximum atomic E-state index is 14.0. The third kappa shape index (κ3) is 5.70. The van der Waals surface area contributed by atoms with Crippen LogP contribution < -0.4 is 10.0 Å². The van der Waals surface area contributed by atoms with Crippen LogP contribution in [0.2, 0.25) is 0 Å². The van der Waals surface area contributed by atoms with E-state index < -0.39 is 15.8 Å². The second kappa shape index (κ2) is 8.43. The van der Waals surface area contributed by atoms with Crippen LogP contribution in [0.25, 0.3) is 0 Å². The predicted octanol–water partition coefficient (Wildman–Crippen LogP) is 1.64. The Morgan fingerprint density at radius 1 is 1.38 bits per heavy atom. The minimum atomic E-state index is -3.86. The lowest BCUT2D eigenvalue weighted by molar-refractivity contribution is 0.122. The van der Waals surface area contributed by atoms with Gasteiger partial charge >= 0.3 is 0 Å². The molecule has 1 rings (SSSR count). The molecule has 0 saturated carbocycles. The summed E-state index contributed by atoms with van der Waals surface area (Å²) in [7, 11) is -2.38. The summed E-state index contributed by atoms with van der Waals surface area (Å²) in [5.41, 5.74) is 0.713. The number of hydrogen-bond acceptors (Lipinski definition) is 4. The Morgan fingerprint density at radius 3 is 2.67 bits per heavy atom. The zero-order valence-corrected chi connectivity index (χ0v) is 13.5. The maximum Gasteiger partial charge on any atom is 0.243 e. The number of nitrogens with one attached hydrogen (secondary N) is 2. The number of halogens is 1. The van der Waals surface area contributed by atoms with Crippen molar-refractivity contribution in [2.75, 3.05) is 20.2 Å². The summed E-state index contributed by atoms with van der Waals surface area (Å²) in [6.07, 6.45) is 0.705. The number of benzene rings is 1. The van der Waals surface area contributed by atoms with Crippen LogP contribution in [0.15, 0.2) is 23.1 Å². The minimum absolute atomic E-state index is 0.0953. The Morgan fingerprint density at radius 2 is 2.10 bits per heavy atom. The smallest absolute Gasteiger partial charge is 0.243 e. The lowest BCUT2D eigenvalue weighted by atomic mass is 10.2. The molecular weight excluding hydrogens is 295 g/mol. The van der Waals surface area contributed by atoms with Crippen molar-refractivity contribution < 1.29 is 17.5 Å². The normalized spacial score (nSPS) is 13.3. The number of methoxy groups -OCH3 is 1. The van der Waals surface area contributed by atoms with Crippen molar-refractivity contribution in [2.45, 2.75) is 37.8 Å². The molecule has 0 amide bonds. The monoisotopic (exact) mass is 318 g/mol. The third-order valence-electron chi connectivity index (χ3n) is 3.00. The highest BCUT2D eigenvalue weighted by atomic mass is 32.2. The van der Waals surface area contributed by atoms with Gasteiger partial charge in [0.1, 0.15) is 10.7 Å². The van der Waals surface area contributed by atoms with Crippen molar-refractivity contribution in [1.82, 2.24) is 10.0 Å². The Bertz CT molecular complexity index is 549. The Labute approximate surface area is 125 Å². The van der Waals surface area contributed by atoms with Gasteiger partial charge in [0.15, 0.2) is 0 Å². The van der Waals surface area contributed by atoms with Crippen LogP contribution in [-0.2, 0) is 21.3 Å². The summed E-state index contributed by atoms with van der Waals surface area (Å²) in [6, 6.07) is 4.15. The maximum absolute atomic E-state index is 14.0. The van der Waals surface area contributed by atoms with Gasteiger partial charge in [0, 0.05) is 20.2 Å². The zero-order valence-electron chi connectivity index (χ0n) is 12.6.